The number of rotatable bonds is 9. The molecule has 2 fully saturated rings. The molecular weight excluding hydrogens is 571 g/mol. The van der Waals surface area contributed by atoms with Gasteiger partial charge >= 0.3 is 12.1 Å². The largest absolute Gasteiger partial charge is 0.480 e. The number of piperidine rings is 1. The van der Waals surface area contributed by atoms with Crippen LogP contribution in [0.3, 0.4) is 0 Å². The number of benzene rings is 1. The van der Waals surface area contributed by atoms with Crippen molar-refractivity contribution in [2.45, 2.75) is 67.2 Å². The van der Waals surface area contributed by atoms with Crippen LogP contribution in [0.15, 0.2) is 40.9 Å². The van der Waals surface area contributed by atoms with Crippen molar-refractivity contribution in [1.29, 1.82) is 0 Å². The van der Waals surface area contributed by atoms with Gasteiger partial charge in [-0.25, -0.2) is 8.42 Å². The van der Waals surface area contributed by atoms with E-state index in [1.807, 2.05) is 11.0 Å². The van der Waals surface area contributed by atoms with Crippen molar-refractivity contribution >= 4 is 38.6 Å². The van der Waals surface area contributed by atoms with E-state index in [4.69, 9.17) is 0 Å². The lowest BCUT2D eigenvalue weighted by molar-refractivity contribution is -0.155. The number of hydrogen-bond donors (Lipinski definition) is 2. The third-order valence-corrected chi connectivity index (χ3v) is 11.2. The number of nitrogens with zero attached hydrogens (tertiary/aromatic N) is 2. The molecule has 2 aromatic rings. The van der Waals surface area contributed by atoms with E-state index in [-0.39, 0.29) is 35.8 Å². The molecule has 14 heteroatoms. The number of carboxylic acids is 1. The summed E-state index contributed by atoms with van der Waals surface area (Å²) in [6.07, 6.45) is 0.469. The third-order valence-electron chi connectivity index (χ3n) is 7.56. The van der Waals surface area contributed by atoms with Gasteiger partial charge in [-0.1, -0.05) is 35.5 Å². The number of carbonyl (C=O) groups excluding carboxylic acids is 1. The standard InChI is InChI=1S/C26H28F3N3O6S2/c27-26(28,29)21-14-19(30-38-21)20-9-11-23(39-20)40(36,37)31-25(24(34)35)15-18(25)17-7-3-2-6-16(17)8-10-22(33)32-12-4-1-5-13-32/h2-3,6-7,9,14,18,23,31H,1,4-5,8,10-13,15H2,(H,34,35). The van der Waals surface area contributed by atoms with Crippen molar-refractivity contribution in [1.82, 2.24) is 14.8 Å². The summed E-state index contributed by atoms with van der Waals surface area (Å²) in [5.41, 5.74) is -0.419. The fraction of sp³-hybridized carbons (Fsp3) is 0.500. The smallest absolute Gasteiger partial charge is 0.452 e. The number of allylic oxidation sites excluding steroid dienone is 1. The zero-order chi connectivity index (χ0) is 28.7. The first-order valence-corrected chi connectivity index (χ1v) is 15.4. The highest BCUT2D eigenvalue weighted by Crippen LogP contribution is 2.54. The maximum Gasteiger partial charge on any atom is 0.452 e. The highest BCUT2D eigenvalue weighted by Gasteiger charge is 2.64. The van der Waals surface area contributed by atoms with Gasteiger partial charge in [0.05, 0.1) is 0 Å². The number of carbonyl (C=O) groups is 2. The van der Waals surface area contributed by atoms with Gasteiger partial charge in [-0.2, -0.15) is 17.9 Å². The third kappa shape index (κ3) is 5.79. The topological polar surface area (TPSA) is 130 Å². The predicted octanol–water partition coefficient (Wildman–Crippen LogP) is 4.37. The fourth-order valence-electron chi connectivity index (χ4n) is 5.32. The number of carboxylic acid groups (broad SMARTS) is 1. The van der Waals surface area contributed by atoms with Crippen LogP contribution in [0.2, 0.25) is 0 Å². The summed E-state index contributed by atoms with van der Waals surface area (Å²) in [6, 6.07) is 7.84. The van der Waals surface area contributed by atoms with E-state index in [9.17, 15) is 36.3 Å². The molecule has 1 aromatic heterocycles. The average molecular weight is 600 g/mol. The Morgan fingerprint density at radius 2 is 1.93 bits per heavy atom. The number of nitrogens with one attached hydrogen (secondary N) is 1. The molecule has 1 saturated heterocycles. The molecule has 40 heavy (non-hydrogen) atoms. The first kappa shape index (κ1) is 28.7. The van der Waals surface area contributed by atoms with Crippen LogP contribution in [0.4, 0.5) is 13.2 Å². The van der Waals surface area contributed by atoms with E-state index < -0.39 is 44.0 Å². The predicted molar refractivity (Wildman–Crippen MR) is 140 cm³/mol. The van der Waals surface area contributed by atoms with Gasteiger partial charge in [-0.3, -0.25) is 9.59 Å². The summed E-state index contributed by atoms with van der Waals surface area (Å²) in [7, 11) is -4.22. The zero-order valence-corrected chi connectivity index (χ0v) is 22.9. The summed E-state index contributed by atoms with van der Waals surface area (Å²) >= 11 is 0.786. The maximum atomic E-state index is 13.3. The summed E-state index contributed by atoms with van der Waals surface area (Å²) in [5, 5.41) is 13.5. The Labute approximate surface area is 233 Å². The number of aromatic nitrogens is 1. The SMILES string of the molecule is O=C(CCc1ccccc1C1CC1(NS(=O)(=O)C1CC=C(c2cc(C(F)(F)F)on2)S1)C(=O)O)N1CCCCC1. The Hall–Kier alpha value is -2.84. The minimum absolute atomic E-state index is 0.0363. The summed E-state index contributed by atoms with van der Waals surface area (Å²) < 4.78 is 70.7. The van der Waals surface area contributed by atoms with Crippen molar-refractivity contribution in [3.8, 4) is 0 Å². The van der Waals surface area contributed by atoms with Crippen molar-refractivity contribution in [3.63, 3.8) is 0 Å². The first-order valence-electron chi connectivity index (χ1n) is 12.9. The molecule has 3 atom stereocenters. The number of sulfonamides is 1. The van der Waals surface area contributed by atoms with Gasteiger partial charge in [-0.05, 0) is 49.7 Å². The molecule has 1 saturated carbocycles. The van der Waals surface area contributed by atoms with Gasteiger partial charge in [0.25, 0.3) is 0 Å². The molecule has 0 spiro atoms. The molecule has 3 unspecified atom stereocenters. The van der Waals surface area contributed by atoms with Gasteiger partial charge in [0, 0.05) is 36.4 Å². The summed E-state index contributed by atoms with van der Waals surface area (Å²) in [5.74, 6) is -3.20. The second-order valence-electron chi connectivity index (χ2n) is 10.2. The molecule has 2 N–H and O–H groups in total. The van der Waals surface area contributed by atoms with Gasteiger partial charge in [0.15, 0.2) is 0 Å². The number of hydrogen-bond acceptors (Lipinski definition) is 7. The molecule has 3 aliphatic rings. The normalized spacial score (nSPS) is 25.1. The number of thioether (sulfide) groups is 1. The molecule has 1 amide bonds. The zero-order valence-electron chi connectivity index (χ0n) is 21.3. The number of aliphatic carboxylic acids is 1. The van der Waals surface area contributed by atoms with Crippen LogP contribution in [0.5, 0.6) is 0 Å². The van der Waals surface area contributed by atoms with Crippen LogP contribution in [0.25, 0.3) is 4.91 Å². The molecule has 5 rings (SSSR count). The average Bonchev–Trinajstić information content (AvgIpc) is 3.27. The highest BCUT2D eigenvalue weighted by molar-refractivity contribution is 8.18. The number of alkyl halides is 3. The summed E-state index contributed by atoms with van der Waals surface area (Å²) in [4.78, 5) is 27.1. The molecule has 1 aromatic carbocycles. The Balaban J connectivity index is 1.27. The van der Waals surface area contributed by atoms with Gasteiger partial charge in [-0.15, -0.1) is 11.8 Å². The Bertz CT molecular complexity index is 1440. The molecule has 3 heterocycles. The minimum Gasteiger partial charge on any atom is -0.480 e. The van der Waals surface area contributed by atoms with Crippen molar-refractivity contribution < 1.29 is 40.8 Å². The number of halogens is 3. The van der Waals surface area contributed by atoms with E-state index >= 15 is 0 Å². The van der Waals surface area contributed by atoms with Crippen LogP contribution in [0.1, 0.15) is 67.0 Å². The monoisotopic (exact) mass is 599 g/mol. The van der Waals surface area contributed by atoms with Gasteiger partial charge in [0.1, 0.15) is 15.8 Å². The van der Waals surface area contributed by atoms with E-state index in [0.29, 0.717) is 18.1 Å². The van der Waals surface area contributed by atoms with Gasteiger partial charge < -0.3 is 14.5 Å². The van der Waals surface area contributed by atoms with Crippen LogP contribution >= 0.6 is 11.8 Å². The van der Waals surface area contributed by atoms with E-state index in [1.165, 1.54) is 6.08 Å². The van der Waals surface area contributed by atoms with E-state index in [0.717, 1.165) is 49.7 Å². The first-order chi connectivity index (χ1) is 18.9. The van der Waals surface area contributed by atoms with E-state index in [2.05, 4.69) is 14.4 Å². The van der Waals surface area contributed by atoms with Crippen LogP contribution in [-0.2, 0) is 32.2 Å². The molecule has 0 bridgehead atoms. The minimum atomic E-state index is -4.73. The highest BCUT2D eigenvalue weighted by atomic mass is 32.3. The second kappa shape index (κ2) is 10.9. The molecular formula is C26H28F3N3O6S2. The molecule has 1 aliphatic carbocycles. The van der Waals surface area contributed by atoms with Crippen LogP contribution in [-0.4, -0.2) is 58.7 Å². The van der Waals surface area contributed by atoms with Crippen molar-refractivity contribution in [2.24, 2.45) is 0 Å². The summed E-state index contributed by atoms with van der Waals surface area (Å²) in [6.45, 7) is 1.48. The second-order valence-corrected chi connectivity index (χ2v) is 13.7. The Morgan fingerprint density at radius 3 is 2.60 bits per heavy atom. The maximum absolute atomic E-state index is 13.3. The molecule has 9 nitrogen and oxygen atoms in total. The number of amides is 1. The molecule has 2 aliphatic heterocycles. The lowest BCUT2D eigenvalue weighted by Crippen LogP contribution is -2.47. The fourth-order valence-corrected chi connectivity index (χ4v) is 8.47. The quantitative estimate of drug-likeness (QED) is 0.435. The van der Waals surface area contributed by atoms with Crippen LogP contribution in [0, 0.1) is 0 Å². The van der Waals surface area contributed by atoms with Crippen molar-refractivity contribution in [3.05, 3.63) is 59.0 Å². The Kier molecular flexibility index (Phi) is 7.79. The lowest BCUT2D eigenvalue weighted by atomic mass is 9.96. The number of likely N-dealkylation sites (tertiary alicyclic amines) is 1. The molecule has 0 radical (unpaired) electrons. The Morgan fingerprint density at radius 1 is 1.20 bits per heavy atom. The lowest BCUT2D eigenvalue weighted by Gasteiger charge is -2.27. The number of aryl methyl sites for hydroxylation is 1. The van der Waals surface area contributed by atoms with Crippen LogP contribution < -0.4 is 4.72 Å². The van der Waals surface area contributed by atoms with Gasteiger partial charge in [0.2, 0.25) is 21.7 Å². The molecule has 216 valence electrons. The van der Waals surface area contributed by atoms with Crippen molar-refractivity contribution in [2.75, 3.05) is 13.1 Å². The van der Waals surface area contributed by atoms with E-state index in [1.54, 1.807) is 18.2 Å².